The van der Waals surface area contributed by atoms with Crippen molar-refractivity contribution in [3.8, 4) is 12.3 Å². The maximum absolute atomic E-state index is 12.7. The number of benzene rings is 1. The van der Waals surface area contributed by atoms with Crippen LogP contribution in [0.2, 0.25) is 0 Å². The Bertz CT molecular complexity index is 836. The molecule has 1 aromatic heterocycles. The summed E-state index contributed by atoms with van der Waals surface area (Å²) >= 11 is 0. The Balaban J connectivity index is 1.74. The summed E-state index contributed by atoms with van der Waals surface area (Å²) in [4.78, 5) is 26.6. The highest BCUT2D eigenvalue weighted by Crippen LogP contribution is 2.24. The van der Waals surface area contributed by atoms with E-state index in [0.29, 0.717) is 24.2 Å². The van der Waals surface area contributed by atoms with Crippen molar-refractivity contribution in [3.63, 3.8) is 0 Å². The molecule has 1 aromatic carbocycles. The molecule has 1 unspecified atom stereocenters. The minimum absolute atomic E-state index is 0.0353. The fourth-order valence-corrected chi connectivity index (χ4v) is 2.84. The Morgan fingerprint density at radius 3 is 2.96 bits per heavy atom. The second-order valence-electron chi connectivity index (χ2n) is 5.78. The van der Waals surface area contributed by atoms with Crippen LogP contribution in [0.4, 0.5) is 11.4 Å². The lowest BCUT2D eigenvalue weighted by molar-refractivity contribution is -0.117. The number of terminal acetylenes is 1. The van der Waals surface area contributed by atoms with Gasteiger partial charge in [-0.15, -0.1) is 6.42 Å². The summed E-state index contributed by atoms with van der Waals surface area (Å²) in [6, 6.07) is 6.69. The number of rotatable bonds is 5. The van der Waals surface area contributed by atoms with E-state index in [9.17, 15) is 9.59 Å². The van der Waals surface area contributed by atoms with E-state index in [1.807, 2.05) is 19.3 Å². The minimum Gasteiger partial charge on any atom is -0.373 e. The molecule has 7 nitrogen and oxygen atoms in total. The maximum atomic E-state index is 12.7. The molecule has 1 atom stereocenters. The number of aryl methyl sites for hydroxylation is 1. The lowest BCUT2D eigenvalue weighted by Gasteiger charge is -2.17. The summed E-state index contributed by atoms with van der Waals surface area (Å²) in [5.41, 5.74) is 1.85. The van der Waals surface area contributed by atoms with Crippen molar-refractivity contribution in [3.05, 3.63) is 42.2 Å². The molecule has 1 aliphatic rings. The molecule has 1 saturated heterocycles. The van der Waals surface area contributed by atoms with Crippen LogP contribution < -0.4 is 15.5 Å². The van der Waals surface area contributed by atoms with E-state index in [1.54, 1.807) is 34.0 Å². The average Bonchev–Trinajstić information content (AvgIpc) is 3.19. The number of nitrogens with zero attached hydrogens (tertiary/aromatic N) is 3. The lowest BCUT2D eigenvalue weighted by atomic mass is 10.1. The quantitative estimate of drug-likeness (QED) is 0.798. The van der Waals surface area contributed by atoms with Gasteiger partial charge >= 0.3 is 0 Å². The Kier molecular flexibility index (Phi) is 4.70. The van der Waals surface area contributed by atoms with Crippen LogP contribution in [0.3, 0.4) is 0 Å². The molecule has 0 radical (unpaired) electrons. The number of hydrogen-bond acceptors (Lipinski definition) is 4. The summed E-state index contributed by atoms with van der Waals surface area (Å²) in [6.45, 7) is 0.762. The van der Waals surface area contributed by atoms with Gasteiger partial charge in [-0.2, -0.15) is 5.10 Å². The van der Waals surface area contributed by atoms with Gasteiger partial charge in [0.15, 0.2) is 0 Å². The summed E-state index contributed by atoms with van der Waals surface area (Å²) in [6.07, 6.45) is 9.30. The maximum Gasteiger partial charge on any atom is 0.254 e. The summed E-state index contributed by atoms with van der Waals surface area (Å²) in [5.74, 6) is 2.07. The van der Waals surface area contributed by atoms with Crippen LogP contribution in [0, 0.1) is 12.3 Å². The van der Waals surface area contributed by atoms with Crippen LogP contribution in [0.5, 0.6) is 0 Å². The van der Waals surface area contributed by atoms with Crippen molar-refractivity contribution in [2.24, 2.45) is 7.05 Å². The Labute approximate surface area is 146 Å². The first-order valence-electron chi connectivity index (χ1n) is 7.97. The molecule has 7 heteroatoms. The van der Waals surface area contributed by atoms with Gasteiger partial charge in [-0.05, 0) is 18.6 Å². The van der Waals surface area contributed by atoms with Crippen molar-refractivity contribution in [2.75, 3.05) is 23.3 Å². The van der Waals surface area contributed by atoms with E-state index in [1.165, 1.54) is 0 Å². The number of amides is 2. The van der Waals surface area contributed by atoms with E-state index in [0.717, 1.165) is 5.69 Å². The molecule has 2 heterocycles. The molecule has 1 aliphatic heterocycles. The highest BCUT2D eigenvalue weighted by atomic mass is 16.2. The van der Waals surface area contributed by atoms with Crippen molar-refractivity contribution in [2.45, 2.75) is 12.5 Å². The molecule has 3 rings (SSSR count). The van der Waals surface area contributed by atoms with Crippen molar-refractivity contribution in [1.29, 1.82) is 0 Å². The normalized spacial score (nSPS) is 16.6. The molecule has 0 aliphatic carbocycles. The van der Waals surface area contributed by atoms with Crippen LogP contribution in [-0.2, 0) is 11.8 Å². The number of anilines is 2. The van der Waals surface area contributed by atoms with Gasteiger partial charge < -0.3 is 15.5 Å². The smallest absolute Gasteiger partial charge is 0.254 e. The number of hydrogen-bond donors (Lipinski definition) is 2. The Morgan fingerprint density at radius 2 is 2.24 bits per heavy atom. The summed E-state index contributed by atoms with van der Waals surface area (Å²) in [7, 11) is 1.81. The predicted molar refractivity (Wildman–Crippen MR) is 95.2 cm³/mol. The Morgan fingerprint density at radius 1 is 1.44 bits per heavy atom. The van der Waals surface area contributed by atoms with Gasteiger partial charge in [0.05, 0.1) is 24.0 Å². The van der Waals surface area contributed by atoms with Crippen molar-refractivity contribution >= 4 is 23.2 Å². The van der Waals surface area contributed by atoms with E-state index in [-0.39, 0.29) is 24.4 Å². The zero-order valence-electron chi connectivity index (χ0n) is 13.9. The molecule has 128 valence electrons. The third-order valence-electron chi connectivity index (χ3n) is 4.06. The highest BCUT2D eigenvalue weighted by Gasteiger charge is 2.33. The van der Waals surface area contributed by atoms with E-state index >= 15 is 0 Å². The van der Waals surface area contributed by atoms with Gasteiger partial charge in [-0.3, -0.25) is 14.3 Å². The van der Waals surface area contributed by atoms with Gasteiger partial charge in [0.25, 0.3) is 5.91 Å². The van der Waals surface area contributed by atoms with Gasteiger partial charge in [0, 0.05) is 25.5 Å². The molecule has 2 amide bonds. The number of carbonyl (C=O) groups is 2. The first-order chi connectivity index (χ1) is 12.1. The van der Waals surface area contributed by atoms with E-state index < -0.39 is 0 Å². The standard InChI is InChI=1S/C18H19N5O2/c1-3-9-19-17(24)14-6-4-5-7-15(14)21-16-8-10-23(18(16)25)13-11-20-22(2)12-13/h1,4-7,11-12,16,21H,8-10H2,2H3,(H,19,24). The first kappa shape index (κ1) is 16.6. The van der Waals surface area contributed by atoms with E-state index in [4.69, 9.17) is 6.42 Å². The zero-order chi connectivity index (χ0) is 17.8. The zero-order valence-corrected chi connectivity index (χ0v) is 13.9. The number of carbonyl (C=O) groups excluding carboxylic acids is 2. The molecular weight excluding hydrogens is 318 g/mol. The summed E-state index contributed by atoms with van der Waals surface area (Å²) < 4.78 is 1.66. The Hall–Kier alpha value is -3.27. The average molecular weight is 337 g/mol. The fourth-order valence-electron chi connectivity index (χ4n) is 2.84. The molecular formula is C18H19N5O2. The van der Waals surface area contributed by atoms with Crippen LogP contribution >= 0.6 is 0 Å². The van der Waals surface area contributed by atoms with Gasteiger partial charge in [-0.1, -0.05) is 18.1 Å². The highest BCUT2D eigenvalue weighted by molar-refractivity contribution is 6.03. The lowest BCUT2D eigenvalue weighted by Crippen LogP contribution is -2.34. The third kappa shape index (κ3) is 3.48. The molecule has 0 spiro atoms. The van der Waals surface area contributed by atoms with Crippen molar-refractivity contribution in [1.82, 2.24) is 15.1 Å². The van der Waals surface area contributed by atoms with Crippen LogP contribution in [0.25, 0.3) is 0 Å². The summed E-state index contributed by atoms with van der Waals surface area (Å²) in [5, 5.41) is 9.94. The van der Waals surface area contributed by atoms with Gasteiger partial charge in [0.1, 0.15) is 6.04 Å². The number of aromatic nitrogens is 2. The van der Waals surface area contributed by atoms with E-state index in [2.05, 4.69) is 21.7 Å². The second-order valence-corrected chi connectivity index (χ2v) is 5.78. The van der Waals surface area contributed by atoms with Crippen molar-refractivity contribution < 1.29 is 9.59 Å². The second kappa shape index (κ2) is 7.09. The topological polar surface area (TPSA) is 79.3 Å². The first-order valence-corrected chi connectivity index (χ1v) is 7.97. The van der Waals surface area contributed by atoms with Crippen LogP contribution in [0.15, 0.2) is 36.7 Å². The van der Waals surface area contributed by atoms with Crippen LogP contribution in [0.1, 0.15) is 16.8 Å². The third-order valence-corrected chi connectivity index (χ3v) is 4.06. The molecule has 1 fully saturated rings. The number of nitrogens with one attached hydrogen (secondary N) is 2. The largest absolute Gasteiger partial charge is 0.373 e. The molecule has 25 heavy (non-hydrogen) atoms. The minimum atomic E-state index is -0.387. The molecule has 0 bridgehead atoms. The van der Waals surface area contributed by atoms with Gasteiger partial charge in [0.2, 0.25) is 5.91 Å². The molecule has 2 N–H and O–H groups in total. The number of para-hydroxylation sites is 1. The van der Waals surface area contributed by atoms with Crippen LogP contribution in [-0.4, -0.2) is 40.7 Å². The van der Waals surface area contributed by atoms with Gasteiger partial charge in [-0.25, -0.2) is 0 Å². The predicted octanol–water partition coefficient (Wildman–Crippen LogP) is 1.00. The fraction of sp³-hybridized carbons (Fsp3) is 0.278. The molecule has 0 saturated carbocycles. The monoisotopic (exact) mass is 337 g/mol. The molecule has 2 aromatic rings. The SMILES string of the molecule is C#CCNC(=O)c1ccccc1NC1CCN(c2cnn(C)c2)C1=O.